The Balaban J connectivity index is 1.06. The van der Waals surface area contributed by atoms with Crippen molar-refractivity contribution in [3.63, 3.8) is 0 Å². The van der Waals surface area contributed by atoms with Gasteiger partial charge in [-0.3, -0.25) is 0 Å². The summed E-state index contributed by atoms with van der Waals surface area (Å²) in [5.41, 5.74) is -0.189. The number of hydrogen-bond donors (Lipinski definition) is 2. The van der Waals surface area contributed by atoms with Crippen molar-refractivity contribution in [1.29, 1.82) is 0 Å². The van der Waals surface area contributed by atoms with E-state index in [-0.39, 0.29) is 80.2 Å². The lowest BCUT2D eigenvalue weighted by Crippen LogP contribution is -2.58. The minimum absolute atomic E-state index is 0.00905. The molecule has 3 atom stereocenters. The number of anilines is 1. The first-order valence-electron chi connectivity index (χ1n) is 17.4. The maximum Gasteiger partial charge on any atom is 0.319 e. The smallest absolute Gasteiger partial charge is 0.319 e. The number of piperazine rings is 1. The van der Waals surface area contributed by atoms with Crippen LogP contribution in [0, 0.1) is 40.6 Å². The van der Waals surface area contributed by atoms with Crippen LogP contribution < -0.4 is 15.0 Å². The number of sulfone groups is 1. The van der Waals surface area contributed by atoms with Crippen LogP contribution in [0.15, 0.2) is 24.0 Å². The van der Waals surface area contributed by atoms with E-state index in [1.165, 1.54) is 24.3 Å². The van der Waals surface area contributed by atoms with Crippen molar-refractivity contribution in [2.75, 3.05) is 55.7 Å². The van der Waals surface area contributed by atoms with Crippen LogP contribution in [0.5, 0.6) is 6.01 Å². The minimum Gasteiger partial charge on any atom is -0.512 e. The maximum absolute atomic E-state index is 17.0. The highest BCUT2D eigenvalue weighted by Gasteiger charge is 2.54. The Morgan fingerprint density at radius 1 is 1.06 bits per heavy atom. The lowest BCUT2D eigenvalue weighted by Gasteiger charge is -2.48. The lowest BCUT2D eigenvalue weighted by molar-refractivity contribution is -0.00119. The Labute approximate surface area is 288 Å². The Kier molecular flexibility index (Phi) is 7.26. The number of halogens is 3. The molecule has 13 heteroatoms. The summed E-state index contributed by atoms with van der Waals surface area (Å²) in [6.07, 6.45) is 11.5. The monoisotopic (exact) mass is 705 g/mol. The van der Waals surface area contributed by atoms with E-state index in [0.29, 0.717) is 37.5 Å². The number of terminal acetylenes is 1. The van der Waals surface area contributed by atoms with Crippen molar-refractivity contribution >= 4 is 32.6 Å². The fourth-order valence-corrected chi connectivity index (χ4v) is 11.4. The zero-order valence-corrected chi connectivity index (χ0v) is 28.3. The average Bonchev–Trinajstić information content (AvgIpc) is 3.63. The van der Waals surface area contributed by atoms with Gasteiger partial charge in [0.25, 0.3) is 0 Å². The number of benzene rings is 2. The summed E-state index contributed by atoms with van der Waals surface area (Å²) < 4.78 is 78.7. The number of nitrogens with zero attached hydrogens (tertiary/aromatic N) is 4. The van der Waals surface area contributed by atoms with Crippen LogP contribution in [-0.2, 0) is 9.84 Å². The first-order chi connectivity index (χ1) is 23.9. The van der Waals surface area contributed by atoms with E-state index >= 15 is 8.78 Å². The predicted octanol–water partition coefficient (Wildman–Crippen LogP) is 4.68. The van der Waals surface area contributed by atoms with E-state index in [1.807, 2.05) is 4.90 Å². The lowest BCUT2D eigenvalue weighted by atomic mass is 9.78. The van der Waals surface area contributed by atoms with Crippen LogP contribution in [0.1, 0.15) is 66.7 Å². The number of nitrogens with one attached hydrogen (secondary N) is 1. The highest BCUT2D eigenvalue weighted by atomic mass is 32.2. The number of rotatable bonds is 7. The average molecular weight is 706 g/mol. The molecule has 1 spiro atoms. The van der Waals surface area contributed by atoms with Gasteiger partial charge in [0, 0.05) is 78.9 Å². The summed E-state index contributed by atoms with van der Waals surface area (Å²) >= 11 is 0. The van der Waals surface area contributed by atoms with E-state index in [1.54, 1.807) is 0 Å². The van der Waals surface area contributed by atoms with Gasteiger partial charge in [0.15, 0.2) is 15.7 Å². The normalized spacial score (nSPS) is 27.1. The second-order valence-electron chi connectivity index (χ2n) is 15.6. The highest BCUT2D eigenvalue weighted by Crippen LogP contribution is 2.50. The molecular formula is C37H38F3N5O4S. The molecule has 3 aromatic rings. The molecule has 1 aromatic heterocycles. The second kappa shape index (κ2) is 11.3. The Morgan fingerprint density at radius 3 is 2.50 bits per heavy atom. The quantitative estimate of drug-likeness (QED) is 0.339. The molecule has 0 amide bonds. The fraction of sp³-hybridized carbons (Fsp3) is 0.514. The minimum atomic E-state index is -2.96. The fourth-order valence-electron chi connectivity index (χ4n) is 9.29. The number of fused-ring (bicyclic) bond motifs is 4. The first-order valence-corrected chi connectivity index (χ1v) is 19.2. The van der Waals surface area contributed by atoms with Crippen molar-refractivity contribution in [3.05, 3.63) is 63.7 Å². The van der Waals surface area contributed by atoms with Crippen molar-refractivity contribution in [3.8, 4) is 18.4 Å². The van der Waals surface area contributed by atoms with Crippen LogP contribution in [0.4, 0.5) is 19.0 Å². The summed E-state index contributed by atoms with van der Waals surface area (Å²) in [7, 11) is -2.96. The molecule has 6 aliphatic rings. The molecular weight excluding hydrogens is 667 g/mol. The molecule has 0 radical (unpaired) electrons. The van der Waals surface area contributed by atoms with Gasteiger partial charge in [-0.1, -0.05) is 12.0 Å². The topological polar surface area (TPSA) is 108 Å². The van der Waals surface area contributed by atoms with Gasteiger partial charge < -0.3 is 25.0 Å². The molecule has 50 heavy (non-hydrogen) atoms. The highest BCUT2D eigenvalue weighted by molar-refractivity contribution is 7.91. The molecule has 5 heterocycles. The van der Waals surface area contributed by atoms with Crippen molar-refractivity contribution in [2.45, 2.75) is 56.5 Å². The van der Waals surface area contributed by atoms with E-state index < -0.39 is 33.2 Å². The second-order valence-corrected chi connectivity index (χ2v) is 17.8. The first kappa shape index (κ1) is 32.1. The van der Waals surface area contributed by atoms with Crippen LogP contribution in [0.25, 0.3) is 17.0 Å². The standard InChI is InChI=1S/C37H38F3N5O4S/c1-2-25-28(38)6-3-21-11-24(46)12-26(30(21)25)31-29(39)13-27-33(32(31)40)42-35(43-34(27)45-14-22-4-5-23(15-45)41-22)49-19-36(7-8-36)16-44-17-37(18-44)9-10-50(47,48)20-37/h1,3,6,11,13,22-23,26,41,46H,4-5,7-10,12,14-20H2. The Bertz CT molecular complexity index is 2110. The number of allylic oxidation sites excluding steroid dienone is 1. The molecule has 3 unspecified atom stereocenters. The summed E-state index contributed by atoms with van der Waals surface area (Å²) in [5.74, 6) is -0.396. The van der Waals surface area contributed by atoms with Gasteiger partial charge in [-0.25, -0.2) is 21.6 Å². The molecule has 4 saturated heterocycles. The summed E-state index contributed by atoms with van der Waals surface area (Å²) in [6, 6.07) is 4.32. The largest absolute Gasteiger partial charge is 0.512 e. The molecule has 4 aliphatic heterocycles. The van der Waals surface area contributed by atoms with Crippen molar-refractivity contribution in [1.82, 2.24) is 20.2 Å². The SMILES string of the molecule is C#Cc1c(F)ccc2c1C(c1c(F)cc3c(N4CC5CCC(C4)N5)nc(OCC4(CN5CC6(CCS(=O)(=O)C6)C5)CC4)nc3c1F)CC(O)=C2. The molecule has 2 N–H and O–H groups in total. The van der Waals surface area contributed by atoms with Crippen LogP contribution in [0.2, 0.25) is 0 Å². The molecule has 1 saturated carbocycles. The molecule has 9 nitrogen and oxygen atoms in total. The number of likely N-dealkylation sites (tertiary alicyclic amines) is 1. The van der Waals surface area contributed by atoms with Crippen LogP contribution in [0.3, 0.4) is 0 Å². The Morgan fingerprint density at radius 2 is 1.82 bits per heavy atom. The van der Waals surface area contributed by atoms with Gasteiger partial charge in [-0.2, -0.15) is 9.97 Å². The van der Waals surface area contributed by atoms with Gasteiger partial charge in [-0.15, -0.1) is 6.42 Å². The zero-order valence-electron chi connectivity index (χ0n) is 27.5. The van der Waals surface area contributed by atoms with Gasteiger partial charge in [0.2, 0.25) is 0 Å². The third-order valence-corrected chi connectivity index (χ3v) is 13.7. The zero-order chi connectivity index (χ0) is 34.6. The number of aliphatic hydroxyl groups is 1. The van der Waals surface area contributed by atoms with E-state index in [4.69, 9.17) is 16.1 Å². The van der Waals surface area contributed by atoms with E-state index in [9.17, 15) is 17.9 Å². The van der Waals surface area contributed by atoms with E-state index in [0.717, 1.165) is 45.3 Å². The van der Waals surface area contributed by atoms with Gasteiger partial charge in [-0.05, 0) is 61.4 Å². The summed E-state index contributed by atoms with van der Waals surface area (Å²) in [6.45, 7) is 3.82. The van der Waals surface area contributed by atoms with Crippen molar-refractivity contribution in [2.24, 2.45) is 10.8 Å². The number of ether oxygens (including phenoxy) is 1. The number of aliphatic hydroxyl groups excluding tert-OH is 1. The molecule has 262 valence electrons. The molecule has 2 bridgehead atoms. The third kappa shape index (κ3) is 5.42. The third-order valence-electron chi connectivity index (χ3n) is 11.8. The molecule has 2 aromatic carbocycles. The summed E-state index contributed by atoms with van der Waals surface area (Å²) in [4.78, 5) is 13.7. The summed E-state index contributed by atoms with van der Waals surface area (Å²) in [5, 5.41) is 14.4. The Hall–Kier alpha value is -3.86. The molecule has 9 rings (SSSR count). The van der Waals surface area contributed by atoms with Crippen LogP contribution in [-0.4, -0.2) is 91.3 Å². The van der Waals surface area contributed by atoms with Gasteiger partial charge in [0.05, 0.1) is 29.4 Å². The van der Waals surface area contributed by atoms with Crippen molar-refractivity contribution < 1.29 is 31.4 Å². The number of aromatic nitrogens is 2. The predicted molar refractivity (Wildman–Crippen MR) is 182 cm³/mol. The molecule has 5 fully saturated rings. The van der Waals surface area contributed by atoms with E-state index in [2.05, 4.69) is 21.1 Å². The van der Waals surface area contributed by atoms with Gasteiger partial charge in [0.1, 0.15) is 23.0 Å². The van der Waals surface area contributed by atoms with Gasteiger partial charge >= 0.3 is 6.01 Å². The van der Waals surface area contributed by atoms with Crippen LogP contribution >= 0.6 is 0 Å². The maximum atomic E-state index is 17.0. The number of hydrogen-bond acceptors (Lipinski definition) is 9. The molecule has 2 aliphatic carbocycles.